The van der Waals surface area contributed by atoms with Gasteiger partial charge in [-0.1, -0.05) is 6.92 Å². The van der Waals surface area contributed by atoms with Gasteiger partial charge >= 0.3 is 5.97 Å². The van der Waals surface area contributed by atoms with Crippen LogP contribution in [0.5, 0.6) is 0 Å². The van der Waals surface area contributed by atoms with Gasteiger partial charge in [0.1, 0.15) is 0 Å². The van der Waals surface area contributed by atoms with Gasteiger partial charge in [0.25, 0.3) is 0 Å². The van der Waals surface area contributed by atoms with Crippen LogP contribution in [-0.4, -0.2) is 34.6 Å². The van der Waals surface area contributed by atoms with Gasteiger partial charge in [0.05, 0.1) is 5.92 Å². The molecule has 1 saturated heterocycles. The van der Waals surface area contributed by atoms with Crippen LogP contribution in [0, 0.1) is 5.92 Å². The Morgan fingerprint density at radius 3 is 2.42 bits per heavy atom. The molecular weight excluding hydrogens is 154 g/mol. The highest BCUT2D eigenvalue weighted by molar-refractivity contribution is 5.70. The van der Waals surface area contributed by atoms with E-state index < -0.39 is 5.97 Å². The Morgan fingerprint density at radius 1 is 1.58 bits per heavy atom. The largest absolute Gasteiger partial charge is 0.481 e. The second-order valence-electron chi connectivity index (χ2n) is 3.74. The Morgan fingerprint density at radius 2 is 2.17 bits per heavy atom. The molecule has 3 atom stereocenters. The van der Waals surface area contributed by atoms with Gasteiger partial charge in [0, 0.05) is 18.6 Å². The minimum absolute atomic E-state index is 0.172. The molecule has 0 radical (unpaired) electrons. The second-order valence-corrected chi connectivity index (χ2v) is 3.74. The van der Waals surface area contributed by atoms with Crippen LogP contribution < -0.4 is 0 Å². The van der Waals surface area contributed by atoms with Crippen LogP contribution in [0.4, 0.5) is 0 Å². The fraction of sp³-hybridized carbons (Fsp3) is 0.889. The third-order valence-corrected chi connectivity index (χ3v) is 3.01. The first kappa shape index (κ1) is 9.52. The van der Waals surface area contributed by atoms with Crippen LogP contribution in [0.25, 0.3) is 0 Å². The van der Waals surface area contributed by atoms with E-state index in [9.17, 15) is 4.79 Å². The van der Waals surface area contributed by atoms with Crippen molar-refractivity contribution in [2.75, 3.05) is 6.54 Å². The standard InChI is InChI=1S/C9H17NO2/c1-6-4-5-10(6)8(3)7(2)9(11)12/h6-8H,4-5H2,1-3H3,(H,11,12). The Bertz CT molecular complexity index is 181. The monoisotopic (exact) mass is 171 g/mol. The number of likely N-dealkylation sites (tertiary alicyclic amines) is 1. The number of rotatable bonds is 3. The SMILES string of the molecule is CC(C(=O)O)C(C)N1CCC1C. The molecule has 0 bridgehead atoms. The molecule has 3 nitrogen and oxygen atoms in total. The number of hydrogen-bond acceptors (Lipinski definition) is 2. The van der Waals surface area contributed by atoms with Crippen molar-refractivity contribution in [2.45, 2.75) is 39.3 Å². The van der Waals surface area contributed by atoms with E-state index in [0.29, 0.717) is 6.04 Å². The molecule has 0 aromatic rings. The molecule has 0 aromatic carbocycles. The van der Waals surface area contributed by atoms with E-state index in [1.807, 2.05) is 6.92 Å². The van der Waals surface area contributed by atoms with Crippen molar-refractivity contribution < 1.29 is 9.90 Å². The summed E-state index contributed by atoms with van der Waals surface area (Å²) in [5, 5.41) is 8.78. The third kappa shape index (κ3) is 1.61. The lowest BCUT2D eigenvalue weighted by Gasteiger charge is -2.44. The zero-order valence-corrected chi connectivity index (χ0v) is 7.95. The molecule has 0 amide bonds. The molecule has 1 heterocycles. The average Bonchev–Trinajstić information content (AvgIpc) is 2.00. The lowest BCUT2D eigenvalue weighted by Crippen LogP contribution is -2.53. The highest BCUT2D eigenvalue weighted by atomic mass is 16.4. The molecule has 1 fully saturated rings. The van der Waals surface area contributed by atoms with Gasteiger partial charge in [-0.2, -0.15) is 0 Å². The predicted octanol–water partition coefficient (Wildman–Crippen LogP) is 1.19. The molecular formula is C9H17NO2. The molecule has 12 heavy (non-hydrogen) atoms. The first-order valence-corrected chi connectivity index (χ1v) is 4.52. The number of nitrogens with zero attached hydrogens (tertiary/aromatic N) is 1. The summed E-state index contributed by atoms with van der Waals surface area (Å²) in [4.78, 5) is 12.9. The zero-order valence-electron chi connectivity index (χ0n) is 7.95. The summed E-state index contributed by atoms with van der Waals surface area (Å²) in [7, 11) is 0. The van der Waals surface area contributed by atoms with Gasteiger partial charge in [0.2, 0.25) is 0 Å². The maximum absolute atomic E-state index is 10.7. The Kier molecular flexibility index (Phi) is 2.73. The maximum Gasteiger partial charge on any atom is 0.307 e. The van der Waals surface area contributed by atoms with E-state index in [2.05, 4.69) is 11.8 Å². The van der Waals surface area contributed by atoms with Crippen molar-refractivity contribution in [2.24, 2.45) is 5.92 Å². The lowest BCUT2D eigenvalue weighted by atomic mass is 9.95. The molecule has 1 aliphatic heterocycles. The van der Waals surface area contributed by atoms with E-state index in [1.165, 1.54) is 6.42 Å². The zero-order chi connectivity index (χ0) is 9.30. The Balaban J connectivity index is 2.46. The Labute approximate surface area is 73.4 Å². The summed E-state index contributed by atoms with van der Waals surface area (Å²) in [6, 6.07) is 0.744. The van der Waals surface area contributed by atoms with E-state index in [-0.39, 0.29) is 12.0 Å². The maximum atomic E-state index is 10.7. The van der Waals surface area contributed by atoms with Crippen LogP contribution in [0.2, 0.25) is 0 Å². The topological polar surface area (TPSA) is 40.5 Å². The average molecular weight is 171 g/mol. The van der Waals surface area contributed by atoms with Crippen LogP contribution >= 0.6 is 0 Å². The number of carbonyl (C=O) groups is 1. The second kappa shape index (κ2) is 3.44. The molecule has 70 valence electrons. The molecule has 0 spiro atoms. The number of carboxylic acids is 1. The molecule has 1 N–H and O–H groups in total. The summed E-state index contributed by atoms with van der Waals surface area (Å²) in [6.45, 7) is 6.97. The number of hydrogen-bond donors (Lipinski definition) is 1. The van der Waals surface area contributed by atoms with Crippen molar-refractivity contribution in [3.63, 3.8) is 0 Å². The van der Waals surface area contributed by atoms with E-state index in [0.717, 1.165) is 6.54 Å². The summed E-state index contributed by atoms with van der Waals surface area (Å²) >= 11 is 0. The van der Waals surface area contributed by atoms with Gasteiger partial charge in [-0.25, -0.2) is 0 Å². The first-order chi connectivity index (χ1) is 5.54. The lowest BCUT2D eigenvalue weighted by molar-refractivity contribution is -0.144. The van der Waals surface area contributed by atoms with E-state index in [1.54, 1.807) is 6.92 Å². The van der Waals surface area contributed by atoms with E-state index >= 15 is 0 Å². The van der Waals surface area contributed by atoms with Gasteiger partial charge in [-0.15, -0.1) is 0 Å². The van der Waals surface area contributed by atoms with Crippen molar-refractivity contribution in [1.82, 2.24) is 4.90 Å². The summed E-state index contributed by atoms with van der Waals surface area (Å²) in [6.07, 6.45) is 1.21. The molecule has 0 aliphatic carbocycles. The summed E-state index contributed by atoms with van der Waals surface area (Å²) in [5.41, 5.74) is 0. The van der Waals surface area contributed by atoms with Crippen molar-refractivity contribution in [1.29, 1.82) is 0 Å². The van der Waals surface area contributed by atoms with Crippen LogP contribution in [0.3, 0.4) is 0 Å². The molecule has 0 saturated carbocycles. The van der Waals surface area contributed by atoms with Gasteiger partial charge in [-0.3, -0.25) is 9.69 Å². The molecule has 1 aliphatic rings. The Hall–Kier alpha value is -0.570. The van der Waals surface area contributed by atoms with Gasteiger partial charge in [0.15, 0.2) is 0 Å². The molecule has 3 unspecified atom stereocenters. The van der Waals surface area contributed by atoms with E-state index in [4.69, 9.17) is 5.11 Å². The summed E-state index contributed by atoms with van der Waals surface area (Å²) < 4.78 is 0. The third-order valence-electron chi connectivity index (χ3n) is 3.01. The highest BCUT2D eigenvalue weighted by Gasteiger charge is 2.33. The first-order valence-electron chi connectivity index (χ1n) is 4.52. The van der Waals surface area contributed by atoms with Crippen LogP contribution in [0.15, 0.2) is 0 Å². The number of carboxylic acid groups (broad SMARTS) is 1. The predicted molar refractivity (Wildman–Crippen MR) is 47.0 cm³/mol. The van der Waals surface area contributed by atoms with Gasteiger partial charge < -0.3 is 5.11 Å². The van der Waals surface area contributed by atoms with Crippen LogP contribution in [-0.2, 0) is 4.79 Å². The quantitative estimate of drug-likeness (QED) is 0.693. The van der Waals surface area contributed by atoms with Crippen LogP contribution in [0.1, 0.15) is 27.2 Å². The van der Waals surface area contributed by atoms with Crippen molar-refractivity contribution in [3.8, 4) is 0 Å². The normalized spacial score (nSPS) is 29.1. The highest BCUT2D eigenvalue weighted by Crippen LogP contribution is 2.23. The minimum atomic E-state index is -0.693. The fourth-order valence-corrected chi connectivity index (χ4v) is 1.63. The molecule has 0 aromatic heterocycles. The van der Waals surface area contributed by atoms with Crippen molar-refractivity contribution in [3.05, 3.63) is 0 Å². The van der Waals surface area contributed by atoms with Crippen molar-refractivity contribution >= 4 is 5.97 Å². The minimum Gasteiger partial charge on any atom is -0.481 e. The smallest absolute Gasteiger partial charge is 0.307 e. The molecule has 3 heteroatoms. The molecule has 1 rings (SSSR count). The summed E-state index contributed by atoms with van der Waals surface area (Å²) in [5.74, 6) is -0.950. The number of aliphatic carboxylic acids is 1. The fourth-order valence-electron chi connectivity index (χ4n) is 1.63. The van der Waals surface area contributed by atoms with Gasteiger partial charge in [-0.05, 0) is 20.3 Å².